The highest BCUT2D eigenvalue weighted by Crippen LogP contribution is 2.23. The van der Waals surface area contributed by atoms with Gasteiger partial charge in [-0.3, -0.25) is 0 Å². The maximum atomic E-state index is 5.70. The molecule has 1 heterocycles. The van der Waals surface area contributed by atoms with Crippen molar-refractivity contribution < 1.29 is 4.74 Å². The number of likely N-dealkylation sites (tertiary alicyclic amines) is 1. The van der Waals surface area contributed by atoms with Gasteiger partial charge in [0.05, 0.1) is 6.10 Å². The molecule has 2 rings (SSSR count). The van der Waals surface area contributed by atoms with E-state index in [0.29, 0.717) is 6.10 Å². The van der Waals surface area contributed by atoms with Gasteiger partial charge < -0.3 is 15.0 Å². The first-order valence-corrected chi connectivity index (χ1v) is 8.35. The molecule has 2 fully saturated rings. The van der Waals surface area contributed by atoms with Crippen LogP contribution in [-0.2, 0) is 4.74 Å². The summed E-state index contributed by atoms with van der Waals surface area (Å²) in [6, 6.07) is 0.782. The van der Waals surface area contributed by atoms with Gasteiger partial charge in [0.1, 0.15) is 0 Å². The van der Waals surface area contributed by atoms with E-state index in [1.54, 1.807) is 0 Å². The second-order valence-corrected chi connectivity index (χ2v) is 6.42. The molecule has 3 heteroatoms. The summed E-state index contributed by atoms with van der Waals surface area (Å²) in [6.07, 6.45) is 8.57. The van der Waals surface area contributed by atoms with Crippen molar-refractivity contribution in [3.05, 3.63) is 0 Å². The van der Waals surface area contributed by atoms with Crippen molar-refractivity contribution in [3.8, 4) is 0 Å². The normalized spacial score (nSPS) is 30.6. The minimum absolute atomic E-state index is 0.522. The lowest BCUT2D eigenvalue weighted by Gasteiger charge is -2.33. The van der Waals surface area contributed by atoms with Crippen LogP contribution in [0.4, 0.5) is 0 Å². The molecule has 1 aliphatic carbocycles. The molecular formula is C16H32N2O. The molecule has 0 aromatic carbocycles. The third kappa shape index (κ3) is 5.41. The summed E-state index contributed by atoms with van der Waals surface area (Å²) in [5.41, 5.74) is 0. The van der Waals surface area contributed by atoms with Gasteiger partial charge in [-0.15, -0.1) is 0 Å². The first kappa shape index (κ1) is 15.3. The zero-order valence-corrected chi connectivity index (χ0v) is 12.9. The Bertz CT molecular complexity index is 239. The molecule has 0 amide bonds. The van der Waals surface area contributed by atoms with Crippen molar-refractivity contribution >= 4 is 0 Å². The highest BCUT2D eigenvalue weighted by atomic mass is 16.5. The van der Waals surface area contributed by atoms with E-state index in [1.807, 2.05) is 0 Å². The number of hydrogen-bond acceptors (Lipinski definition) is 3. The van der Waals surface area contributed by atoms with Crippen molar-refractivity contribution in [3.63, 3.8) is 0 Å². The summed E-state index contributed by atoms with van der Waals surface area (Å²) in [7, 11) is 0. The van der Waals surface area contributed by atoms with Crippen molar-refractivity contribution in [1.82, 2.24) is 10.2 Å². The molecule has 0 bridgehead atoms. The zero-order chi connectivity index (χ0) is 13.5. The van der Waals surface area contributed by atoms with Crippen molar-refractivity contribution in [2.45, 2.75) is 64.5 Å². The van der Waals surface area contributed by atoms with Crippen molar-refractivity contribution in [2.75, 3.05) is 32.8 Å². The predicted octanol–water partition coefficient (Wildman–Crippen LogP) is 2.66. The summed E-state index contributed by atoms with van der Waals surface area (Å²) < 4.78 is 5.70. The van der Waals surface area contributed by atoms with Gasteiger partial charge in [0.15, 0.2) is 0 Å². The van der Waals surface area contributed by atoms with Gasteiger partial charge in [-0.05, 0) is 38.5 Å². The first-order chi connectivity index (χ1) is 9.28. The number of rotatable bonds is 6. The second kappa shape index (κ2) is 8.23. The Morgan fingerprint density at radius 1 is 1.16 bits per heavy atom. The molecule has 1 aliphatic heterocycles. The number of hydrogen-bond donors (Lipinski definition) is 1. The molecule has 0 spiro atoms. The Morgan fingerprint density at radius 3 is 2.63 bits per heavy atom. The molecule has 2 unspecified atom stereocenters. The van der Waals surface area contributed by atoms with Gasteiger partial charge in [-0.25, -0.2) is 0 Å². The minimum atomic E-state index is 0.522. The lowest BCUT2D eigenvalue weighted by Crippen LogP contribution is -2.43. The van der Waals surface area contributed by atoms with E-state index in [0.717, 1.165) is 25.1 Å². The molecule has 0 aromatic rings. The van der Waals surface area contributed by atoms with E-state index >= 15 is 0 Å². The maximum Gasteiger partial charge on any atom is 0.0599 e. The third-order valence-electron chi connectivity index (χ3n) is 4.73. The Hall–Kier alpha value is -0.120. The summed E-state index contributed by atoms with van der Waals surface area (Å²) in [6.45, 7) is 10.2. The molecule has 1 saturated carbocycles. The molecule has 1 N–H and O–H groups in total. The average Bonchev–Trinajstić information content (AvgIpc) is 2.41. The zero-order valence-electron chi connectivity index (χ0n) is 12.9. The molecule has 1 saturated heterocycles. The summed E-state index contributed by atoms with van der Waals surface area (Å²) in [5.74, 6) is 0.924. The quantitative estimate of drug-likeness (QED) is 0.801. The van der Waals surface area contributed by atoms with E-state index in [1.165, 1.54) is 58.2 Å². The summed E-state index contributed by atoms with van der Waals surface area (Å²) >= 11 is 0. The topological polar surface area (TPSA) is 24.5 Å². The average molecular weight is 268 g/mol. The Balaban J connectivity index is 1.54. The molecule has 0 aromatic heterocycles. The second-order valence-electron chi connectivity index (χ2n) is 6.42. The van der Waals surface area contributed by atoms with Gasteiger partial charge in [0.25, 0.3) is 0 Å². The van der Waals surface area contributed by atoms with Gasteiger partial charge in [0.2, 0.25) is 0 Å². The lowest BCUT2D eigenvalue weighted by molar-refractivity contribution is 0.0143. The van der Waals surface area contributed by atoms with Crippen LogP contribution in [0.15, 0.2) is 0 Å². The predicted molar refractivity (Wildman–Crippen MR) is 80.5 cm³/mol. The van der Waals surface area contributed by atoms with Crippen LogP contribution in [0.3, 0.4) is 0 Å². The Labute approximate surface area is 119 Å². The SMILES string of the molecule is CCOC1CCN(CCNC2CCCC(C)C2)CC1. The fraction of sp³-hybridized carbons (Fsp3) is 1.00. The van der Waals surface area contributed by atoms with E-state index in [9.17, 15) is 0 Å². The molecular weight excluding hydrogens is 236 g/mol. The highest BCUT2D eigenvalue weighted by Gasteiger charge is 2.20. The van der Waals surface area contributed by atoms with Gasteiger partial charge >= 0.3 is 0 Å². The van der Waals surface area contributed by atoms with Crippen LogP contribution < -0.4 is 5.32 Å². The molecule has 19 heavy (non-hydrogen) atoms. The fourth-order valence-electron chi connectivity index (χ4n) is 3.58. The summed E-state index contributed by atoms with van der Waals surface area (Å²) in [5, 5.41) is 3.76. The van der Waals surface area contributed by atoms with Crippen LogP contribution in [0.25, 0.3) is 0 Å². The third-order valence-corrected chi connectivity index (χ3v) is 4.73. The fourth-order valence-corrected chi connectivity index (χ4v) is 3.58. The number of nitrogens with one attached hydrogen (secondary N) is 1. The van der Waals surface area contributed by atoms with Crippen LogP contribution in [0.5, 0.6) is 0 Å². The van der Waals surface area contributed by atoms with Crippen LogP contribution >= 0.6 is 0 Å². The Kier molecular flexibility index (Phi) is 6.62. The van der Waals surface area contributed by atoms with E-state index in [4.69, 9.17) is 4.74 Å². The van der Waals surface area contributed by atoms with Crippen LogP contribution in [0, 0.1) is 5.92 Å². The van der Waals surface area contributed by atoms with Crippen LogP contribution in [-0.4, -0.2) is 49.8 Å². The Morgan fingerprint density at radius 2 is 1.95 bits per heavy atom. The van der Waals surface area contributed by atoms with Gasteiger partial charge in [-0.2, -0.15) is 0 Å². The number of piperidine rings is 1. The molecule has 112 valence electrons. The maximum absolute atomic E-state index is 5.70. The monoisotopic (exact) mass is 268 g/mol. The first-order valence-electron chi connectivity index (χ1n) is 8.35. The number of ether oxygens (including phenoxy) is 1. The molecule has 0 radical (unpaired) electrons. The smallest absolute Gasteiger partial charge is 0.0599 e. The van der Waals surface area contributed by atoms with Gasteiger partial charge in [-0.1, -0.05) is 19.8 Å². The van der Waals surface area contributed by atoms with Crippen molar-refractivity contribution in [2.24, 2.45) is 5.92 Å². The van der Waals surface area contributed by atoms with Crippen LogP contribution in [0.2, 0.25) is 0 Å². The molecule has 2 aliphatic rings. The molecule has 3 nitrogen and oxygen atoms in total. The summed E-state index contributed by atoms with van der Waals surface area (Å²) in [4.78, 5) is 2.59. The van der Waals surface area contributed by atoms with E-state index < -0.39 is 0 Å². The van der Waals surface area contributed by atoms with Gasteiger partial charge in [0, 0.05) is 38.8 Å². The standard InChI is InChI=1S/C16H32N2O/c1-3-19-16-7-10-18(11-8-16)12-9-17-15-6-4-5-14(2)13-15/h14-17H,3-13H2,1-2H3. The van der Waals surface area contributed by atoms with Crippen molar-refractivity contribution in [1.29, 1.82) is 0 Å². The lowest BCUT2D eigenvalue weighted by atomic mass is 9.87. The van der Waals surface area contributed by atoms with Crippen LogP contribution in [0.1, 0.15) is 52.4 Å². The minimum Gasteiger partial charge on any atom is -0.378 e. The number of nitrogens with zero attached hydrogens (tertiary/aromatic N) is 1. The highest BCUT2D eigenvalue weighted by molar-refractivity contribution is 4.77. The molecule has 2 atom stereocenters. The van der Waals surface area contributed by atoms with E-state index in [2.05, 4.69) is 24.1 Å². The largest absolute Gasteiger partial charge is 0.378 e. The van der Waals surface area contributed by atoms with E-state index in [-0.39, 0.29) is 0 Å².